The van der Waals surface area contributed by atoms with Crippen LogP contribution in [0.5, 0.6) is 0 Å². The van der Waals surface area contributed by atoms with Crippen LogP contribution >= 0.6 is 0 Å². The molecule has 0 spiro atoms. The lowest BCUT2D eigenvalue weighted by molar-refractivity contribution is 0.0187. The lowest BCUT2D eigenvalue weighted by Gasteiger charge is -2.21. The second kappa shape index (κ2) is 5.36. The molecule has 6 heteroatoms. The van der Waals surface area contributed by atoms with Crippen molar-refractivity contribution in [3.05, 3.63) is 30.1 Å². The van der Waals surface area contributed by atoms with Crippen LogP contribution in [0.4, 0.5) is 0 Å². The molecule has 100 valence electrons. The highest BCUT2D eigenvalue weighted by molar-refractivity contribution is 5.96. The summed E-state index contributed by atoms with van der Waals surface area (Å²) in [5.74, 6) is 0.0622. The third-order valence-electron chi connectivity index (χ3n) is 3.31. The van der Waals surface area contributed by atoms with Gasteiger partial charge in [0.25, 0.3) is 0 Å². The first-order valence-electron chi connectivity index (χ1n) is 6.38. The van der Waals surface area contributed by atoms with Crippen molar-refractivity contribution >= 4 is 11.5 Å². The molecule has 1 aliphatic heterocycles. The Morgan fingerprint density at radius 2 is 2.26 bits per heavy atom. The minimum atomic E-state index is -0.338. The molecule has 0 N–H and O–H groups in total. The van der Waals surface area contributed by atoms with E-state index in [1.165, 1.54) is 10.8 Å². The number of esters is 1. The van der Waals surface area contributed by atoms with Gasteiger partial charge in [-0.3, -0.25) is 0 Å². The fraction of sp³-hybridized carbons (Fsp3) is 0.462. The van der Waals surface area contributed by atoms with Crippen molar-refractivity contribution in [2.45, 2.75) is 12.8 Å². The zero-order valence-electron chi connectivity index (χ0n) is 10.5. The maximum absolute atomic E-state index is 12.0. The summed E-state index contributed by atoms with van der Waals surface area (Å²) in [5.41, 5.74) is 1.12. The standard InChI is InChI=1S/C13H15N3O3/c17-13(19-9-10-3-6-18-7-4-10)11-8-15-16-12(11)2-1-5-14-16/h1-2,5,8,10H,3-4,6-7,9H2. The van der Waals surface area contributed by atoms with E-state index in [9.17, 15) is 4.79 Å². The summed E-state index contributed by atoms with van der Waals surface area (Å²) >= 11 is 0. The highest BCUT2D eigenvalue weighted by Gasteiger charge is 2.19. The van der Waals surface area contributed by atoms with Crippen molar-refractivity contribution in [3.63, 3.8) is 0 Å². The maximum atomic E-state index is 12.0. The number of fused-ring (bicyclic) bond motifs is 1. The van der Waals surface area contributed by atoms with Gasteiger partial charge in [0.2, 0.25) is 0 Å². The topological polar surface area (TPSA) is 65.7 Å². The molecule has 0 unspecified atom stereocenters. The molecule has 0 aliphatic carbocycles. The van der Waals surface area contributed by atoms with Crippen molar-refractivity contribution in [2.24, 2.45) is 5.92 Å². The Labute approximate surface area is 110 Å². The maximum Gasteiger partial charge on any atom is 0.342 e. The minimum absolute atomic E-state index is 0.338. The SMILES string of the molecule is O=C(OCC1CCOCC1)c1cnn2ncccc12. The molecule has 3 heterocycles. The van der Waals surface area contributed by atoms with E-state index in [0.29, 0.717) is 23.6 Å². The molecule has 19 heavy (non-hydrogen) atoms. The van der Waals surface area contributed by atoms with E-state index in [1.54, 1.807) is 18.3 Å². The number of carbonyl (C=O) groups excluding carboxylic acids is 1. The van der Waals surface area contributed by atoms with E-state index in [-0.39, 0.29) is 5.97 Å². The number of ether oxygens (including phenoxy) is 2. The molecular weight excluding hydrogens is 246 g/mol. The molecule has 2 aromatic rings. The Hall–Kier alpha value is -1.95. The zero-order valence-corrected chi connectivity index (χ0v) is 10.5. The summed E-state index contributed by atoms with van der Waals surface area (Å²) in [5, 5.41) is 8.03. The van der Waals surface area contributed by atoms with Crippen LogP contribution in [0.3, 0.4) is 0 Å². The Balaban J connectivity index is 1.66. The first-order valence-corrected chi connectivity index (χ1v) is 6.38. The molecule has 0 bridgehead atoms. The minimum Gasteiger partial charge on any atom is -0.462 e. The number of carbonyl (C=O) groups is 1. The average molecular weight is 261 g/mol. The normalized spacial score (nSPS) is 16.6. The predicted octanol–water partition coefficient (Wildman–Crippen LogP) is 1.31. The summed E-state index contributed by atoms with van der Waals surface area (Å²) < 4.78 is 12.1. The summed E-state index contributed by atoms with van der Waals surface area (Å²) in [6, 6.07) is 3.57. The number of rotatable bonds is 3. The Bertz CT molecular complexity index is 575. The van der Waals surface area contributed by atoms with Gasteiger partial charge in [-0.05, 0) is 30.9 Å². The van der Waals surface area contributed by atoms with Gasteiger partial charge in [0.1, 0.15) is 11.1 Å². The third kappa shape index (κ3) is 2.58. The van der Waals surface area contributed by atoms with Gasteiger partial charge < -0.3 is 9.47 Å². The van der Waals surface area contributed by atoms with Crippen molar-refractivity contribution in [2.75, 3.05) is 19.8 Å². The largest absolute Gasteiger partial charge is 0.462 e. The van der Waals surface area contributed by atoms with Gasteiger partial charge in [-0.2, -0.15) is 14.8 Å². The second-order valence-electron chi connectivity index (χ2n) is 4.61. The van der Waals surface area contributed by atoms with Crippen LogP contribution in [0.15, 0.2) is 24.5 Å². The first kappa shape index (κ1) is 12.1. The number of aromatic nitrogens is 3. The lowest BCUT2D eigenvalue weighted by Crippen LogP contribution is -2.21. The van der Waals surface area contributed by atoms with Gasteiger partial charge in [0.15, 0.2) is 0 Å². The molecule has 0 amide bonds. The Kier molecular flexibility index (Phi) is 3.41. The first-order chi connectivity index (χ1) is 9.34. The smallest absolute Gasteiger partial charge is 0.342 e. The number of hydrogen-bond acceptors (Lipinski definition) is 5. The molecule has 0 saturated carbocycles. The van der Waals surface area contributed by atoms with Crippen LogP contribution in [0, 0.1) is 5.92 Å². The van der Waals surface area contributed by atoms with Gasteiger partial charge in [0, 0.05) is 19.4 Å². The van der Waals surface area contributed by atoms with E-state index in [2.05, 4.69) is 10.2 Å². The van der Waals surface area contributed by atoms with Gasteiger partial charge in [-0.15, -0.1) is 0 Å². The number of nitrogens with zero attached hydrogens (tertiary/aromatic N) is 3. The van der Waals surface area contributed by atoms with Crippen molar-refractivity contribution < 1.29 is 14.3 Å². The van der Waals surface area contributed by atoms with Gasteiger partial charge in [0.05, 0.1) is 12.8 Å². The summed E-state index contributed by atoms with van der Waals surface area (Å²) in [7, 11) is 0. The van der Waals surface area contributed by atoms with Crippen LogP contribution in [-0.2, 0) is 9.47 Å². The molecule has 2 aromatic heterocycles. The molecule has 0 aromatic carbocycles. The molecule has 1 fully saturated rings. The lowest BCUT2D eigenvalue weighted by atomic mass is 10.0. The van der Waals surface area contributed by atoms with E-state index in [4.69, 9.17) is 9.47 Å². The van der Waals surface area contributed by atoms with Crippen LogP contribution in [0.1, 0.15) is 23.2 Å². The Morgan fingerprint density at radius 3 is 3.11 bits per heavy atom. The second-order valence-corrected chi connectivity index (χ2v) is 4.61. The van der Waals surface area contributed by atoms with Crippen LogP contribution in [0.2, 0.25) is 0 Å². The highest BCUT2D eigenvalue weighted by atomic mass is 16.5. The molecule has 0 radical (unpaired) electrons. The fourth-order valence-electron chi connectivity index (χ4n) is 2.17. The van der Waals surface area contributed by atoms with E-state index < -0.39 is 0 Å². The molecule has 6 nitrogen and oxygen atoms in total. The van der Waals surface area contributed by atoms with Gasteiger partial charge >= 0.3 is 5.97 Å². The number of hydrogen-bond donors (Lipinski definition) is 0. The fourth-order valence-corrected chi connectivity index (χ4v) is 2.17. The van der Waals surface area contributed by atoms with Crippen LogP contribution in [-0.4, -0.2) is 40.6 Å². The summed E-state index contributed by atoms with van der Waals surface area (Å²) in [6.07, 6.45) is 5.01. The van der Waals surface area contributed by atoms with E-state index in [0.717, 1.165) is 26.1 Å². The van der Waals surface area contributed by atoms with E-state index >= 15 is 0 Å². The van der Waals surface area contributed by atoms with E-state index in [1.807, 2.05) is 0 Å². The molecule has 3 rings (SSSR count). The van der Waals surface area contributed by atoms with Gasteiger partial charge in [-0.1, -0.05) is 0 Å². The van der Waals surface area contributed by atoms with Crippen molar-refractivity contribution in [1.82, 2.24) is 14.8 Å². The highest BCUT2D eigenvalue weighted by Crippen LogP contribution is 2.16. The third-order valence-corrected chi connectivity index (χ3v) is 3.31. The summed E-state index contributed by atoms with van der Waals surface area (Å²) in [6.45, 7) is 1.95. The van der Waals surface area contributed by atoms with Crippen molar-refractivity contribution in [1.29, 1.82) is 0 Å². The van der Waals surface area contributed by atoms with Gasteiger partial charge in [-0.25, -0.2) is 4.79 Å². The van der Waals surface area contributed by atoms with Crippen LogP contribution < -0.4 is 0 Å². The van der Waals surface area contributed by atoms with Crippen LogP contribution in [0.25, 0.3) is 5.52 Å². The zero-order chi connectivity index (χ0) is 13.1. The molecule has 1 aliphatic rings. The molecule has 0 atom stereocenters. The monoisotopic (exact) mass is 261 g/mol. The average Bonchev–Trinajstić information content (AvgIpc) is 2.90. The molecule has 1 saturated heterocycles. The Morgan fingerprint density at radius 1 is 1.42 bits per heavy atom. The van der Waals surface area contributed by atoms with Crippen molar-refractivity contribution in [3.8, 4) is 0 Å². The molecular formula is C13H15N3O3. The predicted molar refractivity (Wildman–Crippen MR) is 66.8 cm³/mol. The summed E-state index contributed by atoms with van der Waals surface area (Å²) in [4.78, 5) is 12.0. The quantitative estimate of drug-likeness (QED) is 0.779.